The van der Waals surface area contributed by atoms with Crippen LogP contribution in [0, 0.1) is 0 Å². The third kappa shape index (κ3) is 3.74. The number of rotatable bonds is 6. The Morgan fingerprint density at radius 3 is 2.52 bits per heavy atom. The first-order valence-electron chi connectivity index (χ1n) is 8.00. The Bertz CT molecular complexity index is 997. The van der Waals surface area contributed by atoms with Crippen molar-refractivity contribution < 1.29 is 19.1 Å². The maximum Gasteiger partial charge on any atom is 0.316 e. The zero-order valence-corrected chi connectivity index (χ0v) is 14.8. The second kappa shape index (κ2) is 7.61. The number of aldehydes is 1. The van der Waals surface area contributed by atoms with Crippen LogP contribution in [0.15, 0.2) is 48.7 Å². The molecule has 3 N–H and O–H groups in total. The maximum atomic E-state index is 11.2. The predicted octanol–water partition coefficient (Wildman–Crippen LogP) is 2.86. The zero-order chi connectivity index (χ0) is 19.4. The number of nitrogens with zero attached hydrogens (tertiary/aromatic N) is 2. The molecular formula is C19H18N4O4. The molecule has 0 saturated carbocycles. The number of benzene rings is 2. The quantitative estimate of drug-likeness (QED) is 0.652. The zero-order valence-electron chi connectivity index (χ0n) is 14.8. The van der Waals surface area contributed by atoms with E-state index in [1.54, 1.807) is 14.2 Å². The summed E-state index contributed by atoms with van der Waals surface area (Å²) >= 11 is 0. The molecule has 0 radical (unpaired) electrons. The molecule has 2 amide bonds. The van der Waals surface area contributed by atoms with Crippen LogP contribution < -0.4 is 20.5 Å². The lowest BCUT2D eigenvalue weighted by atomic mass is 10.0. The number of hydrogen-bond donors (Lipinski definition) is 2. The highest BCUT2D eigenvalue weighted by molar-refractivity contribution is 5.93. The van der Waals surface area contributed by atoms with Crippen LogP contribution in [0.5, 0.6) is 11.5 Å². The normalized spacial score (nSPS) is 10.3. The molecule has 0 unspecified atom stereocenters. The molecular weight excluding hydrogens is 348 g/mol. The molecule has 0 bridgehead atoms. The van der Waals surface area contributed by atoms with E-state index in [-0.39, 0.29) is 11.4 Å². The summed E-state index contributed by atoms with van der Waals surface area (Å²) in [7, 11) is 3.16. The van der Waals surface area contributed by atoms with Gasteiger partial charge in [0.2, 0.25) is 0 Å². The van der Waals surface area contributed by atoms with Gasteiger partial charge in [0.15, 0.2) is 17.8 Å². The molecule has 0 spiro atoms. The monoisotopic (exact) mass is 366 g/mol. The largest absolute Gasteiger partial charge is 0.493 e. The minimum atomic E-state index is -0.767. The summed E-state index contributed by atoms with van der Waals surface area (Å²) < 4.78 is 12.1. The van der Waals surface area contributed by atoms with E-state index in [1.807, 2.05) is 42.5 Å². The Kier molecular flexibility index (Phi) is 5.07. The molecule has 3 rings (SSSR count). The van der Waals surface area contributed by atoms with Crippen LogP contribution in [0.1, 0.15) is 10.5 Å². The number of nitrogens with two attached hydrogens (primary N) is 1. The summed E-state index contributed by atoms with van der Waals surface area (Å²) in [4.78, 5) is 22.2. The number of carbonyl (C=O) groups is 2. The molecule has 0 atom stereocenters. The lowest BCUT2D eigenvalue weighted by Crippen LogP contribution is -2.19. The number of urea groups is 1. The highest BCUT2D eigenvalue weighted by Crippen LogP contribution is 2.33. The number of primary amides is 1. The van der Waals surface area contributed by atoms with E-state index >= 15 is 0 Å². The minimum absolute atomic E-state index is 0.0883. The highest BCUT2D eigenvalue weighted by atomic mass is 16.5. The summed E-state index contributed by atoms with van der Waals surface area (Å²) in [6.45, 7) is 0. The van der Waals surface area contributed by atoms with Crippen molar-refractivity contribution in [3.05, 3.63) is 54.4 Å². The first-order valence-corrected chi connectivity index (χ1v) is 8.00. The molecule has 0 aliphatic carbocycles. The maximum absolute atomic E-state index is 11.2. The Hall–Kier alpha value is -3.81. The smallest absolute Gasteiger partial charge is 0.316 e. The highest BCUT2D eigenvalue weighted by Gasteiger charge is 2.12. The van der Waals surface area contributed by atoms with Crippen molar-refractivity contribution in [3.63, 3.8) is 0 Å². The van der Waals surface area contributed by atoms with Crippen LogP contribution >= 0.6 is 0 Å². The third-order valence-electron chi connectivity index (χ3n) is 3.94. The van der Waals surface area contributed by atoms with E-state index in [4.69, 9.17) is 15.2 Å². The first-order chi connectivity index (χ1) is 13.0. The summed E-state index contributed by atoms with van der Waals surface area (Å²) in [6, 6.07) is 12.4. The number of amides is 2. The number of carbonyl (C=O) groups excluding carboxylic acids is 2. The molecule has 8 heteroatoms. The van der Waals surface area contributed by atoms with Gasteiger partial charge in [-0.2, -0.15) is 5.10 Å². The lowest BCUT2D eigenvalue weighted by Gasteiger charge is -2.10. The molecule has 1 heterocycles. The topological polar surface area (TPSA) is 108 Å². The van der Waals surface area contributed by atoms with E-state index in [9.17, 15) is 9.59 Å². The third-order valence-corrected chi connectivity index (χ3v) is 3.94. The molecule has 0 saturated heterocycles. The van der Waals surface area contributed by atoms with Gasteiger partial charge in [0.05, 0.1) is 31.8 Å². The molecule has 0 aliphatic rings. The van der Waals surface area contributed by atoms with Crippen molar-refractivity contribution in [2.75, 3.05) is 19.5 Å². The van der Waals surface area contributed by atoms with Crippen molar-refractivity contribution in [2.45, 2.75) is 0 Å². The number of anilines is 1. The number of aromatic nitrogens is 2. The van der Waals surface area contributed by atoms with Gasteiger partial charge >= 0.3 is 6.03 Å². The summed E-state index contributed by atoms with van der Waals surface area (Å²) in [5, 5.41) is 6.56. The first kappa shape index (κ1) is 18.0. The molecule has 2 aromatic carbocycles. The van der Waals surface area contributed by atoms with Gasteiger partial charge in [-0.25, -0.2) is 9.48 Å². The fourth-order valence-electron chi connectivity index (χ4n) is 2.68. The molecule has 0 aliphatic heterocycles. The van der Waals surface area contributed by atoms with Gasteiger partial charge in [-0.05, 0) is 35.4 Å². The fourth-order valence-corrected chi connectivity index (χ4v) is 2.68. The average Bonchev–Trinajstić information content (AvgIpc) is 3.09. The van der Waals surface area contributed by atoms with E-state index < -0.39 is 6.03 Å². The van der Waals surface area contributed by atoms with Crippen LogP contribution in [-0.2, 0) is 0 Å². The Morgan fingerprint density at radius 2 is 1.85 bits per heavy atom. The van der Waals surface area contributed by atoms with Gasteiger partial charge in [-0.15, -0.1) is 0 Å². The van der Waals surface area contributed by atoms with Crippen molar-refractivity contribution >= 4 is 18.0 Å². The number of nitrogens with one attached hydrogen (secondary N) is 1. The van der Waals surface area contributed by atoms with Crippen molar-refractivity contribution in [1.29, 1.82) is 0 Å². The van der Waals surface area contributed by atoms with Gasteiger partial charge in [-0.1, -0.05) is 18.2 Å². The van der Waals surface area contributed by atoms with Gasteiger partial charge in [0.1, 0.15) is 5.69 Å². The van der Waals surface area contributed by atoms with Crippen molar-refractivity contribution in [1.82, 2.24) is 9.78 Å². The number of hydrogen-bond acceptors (Lipinski definition) is 5. The predicted molar refractivity (Wildman–Crippen MR) is 101 cm³/mol. The van der Waals surface area contributed by atoms with Crippen molar-refractivity contribution in [2.24, 2.45) is 5.73 Å². The average molecular weight is 366 g/mol. The summed E-state index contributed by atoms with van der Waals surface area (Å²) in [5.41, 5.74) is 8.01. The molecule has 3 aromatic rings. The van der Waals surface area contributed by atoms with Crippen LogP contribution in [0.25, 0.3) is 16.8 Å². The van der Waals surface area contributed by atoms with Crippen LogP contribution in [0.3, 0.4) is 0 Å². The van der Waals surface area contributed by atoms with E-state index in [0.717, 1.165) is 11.1 Å². The molecule has 0 fully saturated rings. The standard InChI is InChI=1S/C19H18N4O4/c1-26-17-7-6-13(9-18(17)27-2)12-4-3-5-14(8-12)23-10-15(21-19(20)25)16(11-24)22-23/h3-11H,1-2H3,(H3,20,21,25). The van der Waals surface area contributed by atoms with Gasteiger partial charge in [-0.3, -0.25) is 4.79 Å². The second-order valence-corrected chi connectivity index (χ2v) is 5.60. The molecule has 1 aromatic heterocycles. The lowest BCUT2D eigenvalue weighted by molar-refractivity contribution is 0.111. The van der Waals surface area contributed by atoms with Crippen molar-refractivity contribution in [3.8, 4) is 28.3 Å². The van der Waals surface area contributed by atoms with Gasteiger partial charge in [0, 0.05) is 0 Å². The second-order valence-electron chi connectivity index (χ2n) is 5.60. The Balaban J connectivity index is 2.00. The Morgan fingerprint density at radius 1 is 1.11 bits per heavy atom. The molecule has 8 nitrogen and oxygen atoms in total. The van der Waals surface area contributed by atoms with Crippen LogP contribution in [-0.4, -0.2) is 36.3 Å². The van der Waals surface area contributed by atoms with Gasteiger partial charge in [0.25, 0.3) is 0 Å². The summed E-state index contributed by atoms with van der Waals surface area (Å²) in [5.74, 6) is 1.26. The fraction of sp³-hybridized carbons (Fsp3) is 0.105. The SMILES string of the molecule is COc1ccc(-c2cccc(-n3cc(NC(N)=O)c(C=O)n3)c2)cc1OC. The van der Waals surface area contributed by atoms with Gasteiger partial charge < -0.3 is 20.5 Å². The number of ether oxygens (including phenoxy) is 2. The van der Waals surface area contributed by atoms with E-state index in [0.29, 0.717) is 23.5 Å². The van der Waals surface area contributed by atoms with E-state index in [2.05, 4.69) is 10.4 Å². The Labute approximate surface area is 155 Å². The summed E-state index contributed by atoms with van der Waals surface area (Å²) in [6.07, 6.45) is 2.09. The molecule has 138 valence electrons. The van der Waals surface area contributed by atoms with Crippen LogP contribution in [0.4, 0.5) is 10.5 Å². The van der Waals surface area contributed by atoms with E-state index in [1.165, 1.54) is 10.9 Å². The minimum Gasteiger partial charge on any atom is -0.493 e. The molecule has 27 heavy (non-hydrogen) atoms. The van der Waals surface area contributed by atoms with Crippen LogP contribution in [0.2, 0.25) is 0 Å². The number of methoxy groups -OCH3 is 2.